The number of benzene rings is 2. The quantitative estimate of drug-likeness (QED) is 0.499. The van der Waals surface area contributed by atoms with Gasteiger partial charge < -0.3 is 14.6 Å². The van der Waals surface area contributed by atoms with Crippen molar-refractivity contribution in [2.75, 3.05) is 5.32 Å². The highest BCUT2D eigenvalue weighted by molar-refractivity contribution is 7.07. The Morgan fingerprint density at radius 1 is 1.04 bits per heavy atom. The third-order valence-electron chi connectivity index (χ3n) is 4.22. The average Bonchev–Trinajstić information content (AvgIpc) is 3.42. The second-order valence-corrected chi connectivity index (χ2v) is 6.97. The van der Waals surface area contributed by atoms with E-state index in [0.29, 0.717) is 24.5 Å². The number of nitrogens with zero attached hydrogens (tertiary/aromatic N) is 2. The number of carbonyl (C=O) groups excluding carboxylic acids is 1. The monoisotopic (exact) mass is 389 g/mol. The number of nitrogens with one attached hydrogen (secondary N) is 1. The molecule has 0 fully saturated rings. The van der Waals surface area contributed by atoms with E-state index in [0.717, 1.165) is 16.9 Å². The lowest BCUT2D eigenvalue weighted by Gasteiger charge is -2.12. The van der Waals surface area contributed by atoms with Crippen LogP contribution in [-0.4, -0.2) is 15.5 Å². The minimum absolute atomic E-state index is 0.0848. The molecule has 2 aromatic heterocycles. The Balaban J connectivity index is 1.38. The number of thiazole rings is 1. The van der Waals surface area contributed by atoms with E-state index in [1.807, 2.05) is 83.0 Å². The molecule has 2 heterocycles. The van der Waals surface area contributed by atoms with E-state index in [1.54, 1.807) is 5.51 Å². The van der Waals surface area contributed by atoms with Gasteiger partial charge in [-0.05, 0) is 42.0 Å². The van der Waals surface area contributed by atoms with Gasteiger partial charge in [0.05, 0.1) is 23.3 Å². The van der Waals surface area contributed by atoms with Crippen molar-refractivity contribution in [1.29, 1.82) is 0 Å². The van der Waals surface area contributed by atoms with Crippen molar-refractivity contribution in [1.82, 2.24) is 9.55 Å². The maximum Gasteiger partial charge on any atom is 0.228 e. The molecule has 1 N–H and O–H groups in total. The van der Waals surface area contributed by atoms with Gasteiger partial charge in [0.1, 0.15) is 12.4 Å². The molecular weight excluding hydrogens is 370 g/mol. The van der Waals surface area contributed by atoms with Gasteiger partial charge in [-0.2, -0.15) is 0 Å². The standard InChI is InChI=1S/C22H19N3O2S/c26-22(13-17-7-9-19(10-8-17)25-11-3-4-12-25)24-20-5-1-2-6-21(20)27-14-18-15-28-16-23-18/h1-12,15-16H,13-14H2,(H,24,26). The van der Waals surface area contributed by atoms with Crippen molar-refractivity contribution in [3.05, 3.63) is 95.2 Å². The molecule has 0 saturated carbocycles. The number of aromatic nitrogens is 2. The Labute approximate surface area is 167 Å². The van der Waals surface area contributed by atoms with Crippen molar-refractivity contribution in [3.63, 3.8) is 0 Å². The van der Waals surface area contributed by atoms with Crippen LogP contribution in [0.5, 0.6) is 5.75 Å². The molecular formula is C22H19N3O2S. The van der Waals surface area contributed by atoms with Crippen LogP contribution in [0.2, 0.25) is 0 Å². The smallest absolute Gasteiger partial charge is 0.228 e. The summed E-state index contributed by atoms with van der Waals surface area (Å²) >= 11 is 1.53. The zero-order valence-electron chi connectivity index (χ0n) is 15.1. The number of hydrogen-bond acceptors (Lipinski definition) is 4. The first kappa shape index (κ1) is 18.0. The van der Waals surface area contributed by atoms with Gasteiger partial charge in [0, 0.05) is 23.5 Å². The van der Waals surface area contributed by atoms with Gasteiger partial charge in [-0.25, -0.2) is 4.98 Å². The summed E-state index contributed by atoms with van der Waals surface area (Å²) in [5, 5.41) is 4.89. The summed E-state index contributed by atoms with van der Waals surface area (Å²) in [5.74, 6) is 0.547. The summed E-state index contributed by atoms with van der Waals surface area (Å²) in [6.07, 6.45) is 4.28. The fourth-order valence-electron chi connectivity index (χ4n) is 2.83. The first-order valence-corrected chi connectivity index (χ1v) is 9.83. The number of hydrogen-bond donors (Lipinski definition) is 1. The van der Waals surface area contributed by atoms with Gasteiger partial charge >= 0.3 is 0 Å². The van der Waals surface area contributed by atoms with Gasteiger partial charge in [-0.15, -0.1) is 11.3 Å². The van der Waals surface area contributed by atoms with Crippen LogP contribution < -0.4 is 10.1 Å². The van der Waals surface area contributed by atoms with E-state index in [-0.39, 0.29) is 5.91 Å². The van der Waals surface area contributed by atoms with E-state index in [9.17, 15) is 4.79 Å². The lowest BCUT2D eigenvalue weighted by atomic mass is 10.1. The highest BCUT2D eigenvalue weighted by Crippen LogP contribution is 2.25. The van der Waals surface area contributed by atoms with Crippen LogP contribution in [0.25, 0.3) is 5.69 Å². The highest BCUT2D eigenvalue weighted by atomic mass is 32.1. The van der Waals surface area contributed by atoms with Gasteiger partial charge in [-0.3, -0.25) is 4.79 Å². The molecule has 0 aliphatic rings. The number of anilines is 1. The number of ether oxygens (including phenoxy) is 1. The van der Waals surface area contributed by atoms with E-state index >= 15 is 0 Å². The lowest BCUT2D eigenvalue weighted by Crippen LogP contribution is -2.15. The lowest BCUT2D eigenvalue weighted by molar-refractivity contribution is -0.115. The van der Waals surface area contributed by atoms with E-state index < -0.39 is 0 Å². The average molecular weight is 389 g/mol. The molecule has 1 amide bonds. The molecule has 0 spiro atoms. The summed E-state index contributed by atoms with van der Waals surface area (Å²) in [6.45, 7) is 0.372. The molecule has 4 rings (SSSR count). The fourth-order valence-corrected chi connectivity index (χ4v) is 3.37. The Bertz CT molecular complexity index is 1030. The van der Waals surface area contributed by atoms with Gasteiger partial charge in [0.15, 0.2) is 0 Å². The molecule has 0 atom stereocenters. The van der Waals surface area contributed by atoms with E-state index in [2.05, 4.69) is 10.3 Å². The number of carbonyl (C=O) groups is 1. The zero-order chi connectivity index (χ0) is 19.2. The molecule has 0 aliphatic heterocycles. The second-order valence-electron chi connectivity index (χ2n) is 6.25. The predicted molar refractivity (Wildman–Crippen MR) is 111 cm³/mol. The van der Waals surface area contributed by atoms with Gasteiger partial charge in [-0.1, -0.05) is 24.3 Å². The highest BCUT2D eigenvalue weighted by Gasteiger charge is 2.09. The summed E-state index contributed by atoms with van der Waals surface area (Å²) in [7, 11) is 0. The van der Waals surface area contributed by atoms with E-state index in [1.165, 1.54) is 11.3 Å². The number of rotatable bonds is 7. The third-order valence-corrected chi connectivity index (χ3v) is 4.86. The van der Waals surface area contributed by atoms with Crippen LogP contribution in [0, 0.1) is 0 Å². The summed E-state index contributed by atoms with van der Waals surface area (Å²) < 4.78 is 7.84. The zero-order valence-corrected chi connectivity index (χ0v) is 15.9. The summed E-state index contributed by atoms with van der Waals surface area (Å²) in [4.78, 5) is 16.7. The molecule has 6 heteroatoms. The Morgan fingerprint density at radius 3 is 2.57 bits per heavy atom. The minimum Gasteiger partial charge on any atom is -0.485 e. The van der Waals surface area contributed by atoms with Crippen LogP contribution in [0.4, 0.5) is 5.69 Å². The predicted octanol–water partition coefficient (Wildman–Crippen LogP) is 4.69. The van der Waals surface area contributed by atoms with Crippen molar-refractivity contribution >= 4 is 22.9 Å². The minimum atomic E-state index is -0.0848. The maximum absolute atomic E-state index is 12.5. The molecule has 2 aromatic carbocycles. The Morgan fingerprint density at radius 2 is 1.82 bits per heavy atom. The summed E-state index contributed by atoms with van der Waals surface area (Å²) in [6, 6.07) is 19.4. The third kappa shape index (κ3) is 4.47. The molecule has 5 nitrogen and oxygen atoms in total. The van der Waals surface area contributed by atoms with E-state index in [4.69, 9.17) is 4.74 Å². The van der Waals surface area contributed by atoms with Crippen LogP contribution in [0.3, 0.4) is 0 Å². The van der Waals surface area contributed by atoms with Crippen LogP contribution >= 0.6 is 11.3 Å². The SMILES string of the molecule is O=C(Cc1ccc(-n2cccc2)cc1)Nc1ccccc1OCc1cscn1. The molecule has 0 saturated heterocycles. The van der Waals surface area contributed by atoms with Crippen molar-refractivity contribution in [2.24, 2.45) is 0 Å². The number of amides is 1. The maximum atomic E-state index is 12.5. The van der Waals surface area contributed by atoms with Crippen LogP contribution in [0.15, 0.2) is 83.9 Å². The van der Waals surface area contributed by atoms with Gasteiger partial charge in [0.2, 0.25) is 5.91 Å². The first-order valence-electron chi connectivity index (χ1n) is 8.89. The van der Waals surface area contributed by atoms with Crippen molar-refractivity contribution in [2.45, 2.75) is 13.0 Å². The number of para-hydroxylation sites is 2. The molecule has 0 unspecified atom stereocenters. The molecule has 140 valence electrons. The molecule has 0 radical (unpaired) electrons. The van der Waals surface area contributed by atoms with Crippen LogP contribution in [-0.2, 0) is 17.8 Å². The normalized spacial score (nSPS) is 10.6. The van der Waals surface area contributed by atoms with Crippen LogP contribution in [0.1, 0.15) is 11.3 Å². The Hall–Kier alpha value is -3.38. The fraction of sp³-hybridized carbons (Fsp3) is 0.0909. The van der Waals surface area contributed by atoms with Crippen molar-refractivity contribution in [3.8, 4) is 11.4 Å². The van der Waals surface area contributed by atoms with Crippen molar-refractivity contribution < 1.29 is 9.53 Å². The molecule has 0 aliphatic carbocycles. The molecule has 0 bridgehead atoms. The largest absolute Gasteiger partial charge is 0.485 e. The molecule has 4 aromatic rings. The first-order chi connectivity index (χ1) is 13.8. The Kier molecular flexibility index (Phi) is 5.49. The van der Waals surface area contributed by atoms with Gasteiger partial charge in [0.25, 0.3) is 0 Å². The molecule has 28 heavy (non-hydrogen) atoms. The second kappa shape index (κ2) is 8.54. The summed E-state index contributed by atoms with van der Waals surface area (Å²) in [5.41, 5.74) is 5.32. The topological polar surface area (TPSA) is 56.2 Å².